The van der Waals surface area contributed by atoms with Crippen LogP contribution in [0.25, 0.3) is 5.65 Å². The fourth-order valence-electron chi connectivity index (χ4n) is 1.62. The van der Waals surface area contributed by atoms with Gasteiger partial charge in [-0.25, -0.2) is 14.3 Å². The Bertz CT molecular complexity index is 558. The van der Waals surface area contributed by atoms with Crippen molar-refractivity contribution in [1.82, 2.24) is 14.6 Å². The first-order chi connectivity index (χ1) is 7.50. The molecular formula is C11H13N3O2. The molecule has 0 spiro atoms. The molecule has 0 saturated heterocycles. The van der Waals surface area contributed by atoms with Crippen LogP contribution in [0.3, 0.4) is 0 Å². The van der Waals surface area contributed by atoms with Gasteiger partial charge in [-0.3, -0.25) is 0 Å². The van der Waals surface area contributed by atoms with Crippen molar-refractivity contribution in [1.29, 1.82) is 0 Å². The summed E-state index contributed by atoms with van der Waals surface area (Å²) in [5, 5.41) is 13.2. The van der Waals surface area contributed by atoms with Crippen molar-refractivity contribution in [2.24, 2.45) is 0 Å². The van der Waals surface area contributed by atoms with Gasteiger partial charge in [0.15, 0.2) is 11.3 Å². The second kappa shape index (κ2) is 3.59. The molecule has 5 nitrogen and oxygen atoms in total. The van der Waals surface area contributed by atoms with Crippen LogP contribution in [0, 0.1) is 6.92 Å². The lowest BCUT2D eigenvalue weighted by atomic mass is 10.1. The molecule has 0 unspecified atom stereocenters. The summed E-state index contributed by atoms with van der Waals surface area (Å²) in [5.74, 6) is -0.812. The molecule has 0 aliphatic heterocycles. The summed E-state index contributed by atoms with van der Waals surface area (Å²) in [7, 11) is 0. The van der Waals surface area contributed by atoms with Gasteiger partial charge in [-0.05, 0) is 18.9 Å². The number of aromatic nitrogens is 3. The van der Waals surface area contributed by atoms with Crippen molar-refractivity contribution in [2.75, 3.05) is 0 Å². The van der Waals surface area contributed by atoms with E-state index in [-0.39, 0.29) is 11.6 Å². The largest absolute Gasteiger partial charge is 0.477 e. The average molecular weight is 219 g/mol. The first kappa shape index (κ1) is 10.6. The minimum absolute atomic E-state index is 0.0693. The highest BCUT2D eigenvalue weighted by Gasteiger charge is 2.14. The van der Waals surface area contributed by atoms with E-state index in [1.165, 1.54) is 0 Å². The molecule has 5 heteroatoms. The van der Waals surface area contributed by atoms with Crippen LogP contribution < -0.4 is 0 Å². The Hall–Kier alpha value is -1.91. The van der Waals surface area contributed by atoms with E-state index in [0.29, 0.717) is 5.65 Å². The lowest BCUT2D eigenvalue weighted by Crippen LogP contribution is -2.08. The van der Waals surface area contributed by atoms with Crippen LogP contribution in [0.2, 0.25) is 0 Å². The molecule has 0 saturated carbocycles. The molecule has 0 fully saturated rings. The van der Waals surface area contributed by atoms with Gasteiger partial charge in [-0.1, -0.05) is 13.8 Å². The van der Waals surface area contributed by atoms with Crippen molar-refractivity contribution in [3.05, 3.63) is 29.2 Å². The predicted molar refractivity (Wildman–Crippen MR) is 58.8 cm³/mol. The van der Waals surface area contributed by atoms with Crippen LogP contribution in [0.4, 0.5) is 0 Å². The smallest absolute Gasteiger partial charge is 0.354 e. The molecular weight excluding hydrogens is 206 g/mol. The number of aromatic carboxylic acids is 1. The third-order valence-corrected chi connectivity index (χ3v) is 2.49. The number of rotatable bonds is 2. The molecule has 2 aromatic heterocycles. The van der Waals surface area contributed by atoms with Gasteiger partial charge in [0.1, 0.15) is 0 Å². The Kier molecular flexibility index (Phi) is 2.38. The normalized spacial score (nSPS) is 11.2. The monoisotopic (exact) mass is 219 g/mol. The van der Waals surface area contributed by atoms with E-state index in [1.807, 2.05) is 20.8 Å². The summed E-state index contributed by atoms with van der Waals surface area (Å²) in [6.45, 7) is 5.86. The fraction of sp³-hybridized carbons (Fsp3) is 0.364. The third-order valence-electron chi connectivity index (χ3n) is 2.49. The molecule has 84 valence electrons. The van der Waals surface area contributed by atoms with E-state index in [0.717, 1.165) is 11.3 Å². The van der Waals surface area contributed by atoms with Crippen LogP contribution in [-0.2, 0) is 0 Å². The zero-order chi connectivity index (χ0) is 11.9. The van der Waals surface area contributed by atoms with E-state index in [2.05, 4.69) is 10.1 Å². The maximum Gasteiger partial charge on any atom is 0.354 e. The van der Waals surface area contributed by atoms with Crippen molar-refractivity contribution >= 4 is 11.6 Å². The zero-order valence-corrected chi connectivity index (χ0v) is 9.43. The molecule has 0 bridgehead atoms. The van der Waals surface area contributed by atoms with Crippen molar-refractivity contribution in [2.45, 2.75) is 26.7 Å². The third kappa shape index (κ3) is 1.54. The summed E-state index contributed by atoms with van der Waals surface area (Å²) < 4.78 is 1.70. The van der Waals surface area contributed by atoms with Gasteiger partial charge in [-0.15, -0.1) is 0 Å². The average Bonchev–Trinajstić information content (AvgIpc) is 2.59. The van der Waals surface area contributed by atoms with Gasteiger partial charge in [-0.2, -0.15) is 5.10 Å². The number of aryl methyl sites for hydroxylation is 1. The second-order valence-corrected chi connectivity index (χ2v) is 4.09. The Morgan fingerprint density at radius 2 is 2.19 bits per heavy atom. The molecule has 16 heavy (non-hydrogen) atoms. The van der Waals surface area contributed by atoms with Crippen molar-refractivity contribution < 1.29 is 9.90 Å². The zero-order valence-electron chi connectivity index (χ0n) is 9.43. The predicted octanol–water partition coefficient (Wildman–Crippen LogP) is 1.86. The lowest BCUT2D eigenvalue weighted by molar-refractivity contribution is 0.0690. The molecule has 1 N–H and O–H groups in total. The quantitative estimate of drug-likeness (QED) is 0.837. The lowest BCUT2D eigenvalue weighted by Gasteiger charge is -2.09. The second-order valence-electron chi connectivity index (χ2n) is 4.09. The van der Waals surface area contributed by atoms with E-state index in [1.54, 1.807) is 16.8 Å². The molecule has 0 atom stereocenters. The summed E-state index contributed by atoms with van der Waals surface area (Å²) in [6, 6.07) is 1.58. The number of carbonyl (C=O) groups is 1. The van der Waals surface area contributed by atoms with Gasteiger partial charge < -0.3 is 5.11 Å². The van der Waals surface area contributed by atoms with E-state index in [9.17, 15) is 4.79 Å². The first-order valence-electron chi connectivity index (χ1n) is 5.09. The molecule has 0 aromatic carbocycles. The molecule has 2 rings (SSSR count). The first-order valence-corrected chi connectivity index (χ1v) is 5.09. The minimum Gasteiger partial charge on any atom is -0.477 e. The SMILES string of the molecule is Cc1cnn2c(C(C)C)cc(C(=O)O)nc12. The van der Waals surface area contributed by atoms with Crippen LogP contribution >= 0.6 is 0 Å². The standard InChI is InChI=1S/C11H13N3O2/c1-6(2)9-4-8(11(15)16)13-10-7(3)5-12-14(9)10/h4-6H,1-3H3,(H,15,16). The molecule has 2 aromatic rings. The number of nitrogens with zero attached hydrogens (tertiary/aromatic N) is 3. The molecule has 0 aliphatic carbocycles. The molecule has 0 radical (unpaired) electrons. The van der Waals surface area contributed by atoms with Crippen LogP contribution in [0.1, 0.15) is 41.5 Å². The number of carboxylic acid groups (broad SMARTS) is 1. The van der Waals surface area contributed by atoms with Crippen LogP contribution in [0.5, 0.6) is 0 Å². The summed E-state index contributed by atoms with van der Waals surface area (Å²) >= 11 is 0. The van der Waals surface area contributed by atoms with Gasteiger partial charge in [0.2, 0.25) is 0 Å². The fourth-order valence-corrected chi connectivity index (χ4v) is 1.62. The van der Waals surface area contributed by atoms with Gasteiger partial charge in [0, 0.05) is 11.3 Å². The number of hydrogen-bond acceptors (Lipinski definition) is 3. The van der Waals surface area contributed by atoms with Crippen molar-refractivity contribution in [3.8, 4) is 0 Å². The Labute approximate surface area is 92.7 Å². The van der Waals surface area contributed by atoms with Gasteiger partial charge >= 0.3 is 5.97 Å². The maximum absolute atomic E-state index is 11.0. The summed E-state index contributed by atoms with van der Waals surface area (Å²) in [5.41, 5.74) is 2.42. The Balaban J connectivity index is 2.80. The summed E-state index contributed by atoms with van der Waals surface area (Å²) in [6.07, 6.45) is 1.69. The summed E-state index contributed by atoms with van der Waals surface area (Å²) in [4.78, 5) is 15.0. The minimum atomic E-state index is -1.01. The number of hydrogen-bond donors (Lipinski definition) is 1. The maximum atomic E-state index is 11.0. The van der Waals surface area contributed by atoms with E-state index < -0.39 is 5.97 Å². The van der Waals surface area contributed by atoms with Gasteiger partial charge in [0.25, 0.3) is 0 Å². The molecule has 2 heterocycles. The highest BCUT2D eigenvalue weighted by molar-refractivity contribution is 5.86. The number of fused-ring (bicyclic) bond motifs is 1. The highest BCUT2D eigenvalue weighted by Crippen LogP contribution is 2.18. The van der Waals surface area contributed by atoms with E-state index >= 15 is 0 Å². The molecule has 0 aliphatic rings. The Morgan fingerprint density at radius 1 is 1.50 bits per heavy atom. The van der Waals surface area contributed by atoms with Crippen molar-refractivity contribution in [3.63, 3.8) is 0 Å². The topological polar surface area (TPSA) is 67.5 Å². The van der Waals surface area contributed by atoms with Crippen LogP contribution in [-0.4, -0.2) is 25.7 Å². The Morgan fingerprint density at radius 3 is 2.75 bits per heavy atom. The molecule has 0 amide bonds. The van der Waals surface area contributed by atoms with Crippen LogP contribution in [0.15, 0.2) is 12.3 Å². The van der Waals surface area contributed by atoms with Gasteiger partial charge in [0.05, 0.1) is 6.20 Å². The van der Waals surface area contributed by atoms with E-state index in [4.69, 9.17) is 5.11 Å². The highest BCUT2D eigenvalue weighted by atomic mass is 16.4. The number of carboxylic acids is 1.